The minimum absolute atomic E-state index is 0.286. The molecule has 0 fully saturated rings. The molecule has 0 saturated carbocycles. The molecule has 1 unspecified atom stereocenters. The van der Waals surface area contributed by atoms with Crippen molar-refractivity contribution in [3.8, 4) is 5.75 Å². The minimum atomic E-state index is -1.28. The third-order valence-electron chi connectivity index (χ3n) is 1.96. The molecule has 2 heterocycles. The molecule has 0 spiro atoms. The summed E-state index contributed by atoms with van der Waals surface area (Å²) in [5.74, 6) is -0.727. The van der Waals surface area contributed by atoms with Crippen LogP contribution >= 0.6 is 15.9 Å². The maximum absolute atomic E-state index is 11.5. The number of esters is 1. The van der Waals surface area contributed by atoms with Gasteiger partial charge in [0.1, 0.15) is 0 Å². The number of amides is 1. The molecule has 1 atom stereocenters. The van der Waals surface area contributed by atoms with Gasteiger partial charge < -0.3 is 14.8 Å². The van der Waals surface area contributed by atoms with E-state index >= 15 is 0 Å². The number of rotatable bonds is 1. The van der Waals surface area contributed by atoms with Crippen LogP contribution in [-0.4, -0.2) is 30.1 Å². The minimum Gasteiger partial charge on any atom is -0.466 e. The molecule has 1 aliphatic rings. The summed E-state index contributed by atoms with van der Waals surface area (Å²) in [6.45, 7) is 0. The van der Waals surface area contributed by atoms with E-state index in [0.717, 1.165) is 0 Å². The fourth-order valence-electron chi connectivity index (χ4n) is 1.23. The maximum atomic E-state index is 11.5. The molecule has 6 nitrogen and oxygen atoms in total. The van der Waals surface area contributed by atoms with Crippen molar-refractivity contribution in [2.24, 2.45) is 0 Å². The normalized spacial score (nSPS) is 18.1. The van der Waals surface area contributed by atoms with Crippen molar-refractivity contribution in [3.05, 3.63) is 16.7 Å². The summed E-state index contributed by atoms with van der Waals surface area (Å²) >= 11 is 3.21. The summed E-state index contributed by atoms with van der Waals surface area (Å²) in [5, 5.41) is 2.46. The van der Waals surface area contributed by atoms with Crippen molar-refractivity contribution in [2.75, 3.05) is 12.4 Å². The molecular formula is C9H7BrN2O4. The summed E-state index contributed by atoms with van der Waals surface area (Å²) in [7, 11) is 1.19. The Bertz CT molecular complexity index is 463. The fraction of sp³-hybridized carbons (Fsp3) is 0.222. The van der Waals surface area contributed by atoms with Crippen LogP contribution in [0.4, 0.5) is 5.82 Å². The Morgan fingerprint density at radius 1 is 1.69 bits per heavy atom. The number of aromatic nitrogens is 1. The number of hydrogen-bond donors (Lipinski definition) is 1. The molecule has 0 bridgehead atoms. The molecule has 0 saturated heterocycles. The van der Waals surface area contributed by atoms with Gasteiger partial charge in [-0.3, -0.25) is 4.79 Å². The Hall–Kier alpha value is -1.63. The van der Waals surface area contributed by atoms with Crippen LogP contribution in [0.5, 0.6) is 5.75 Å². The highest BCUT2D eigenvalue weighted by molar-refractivity contribution is 9.10. The lowest BCUT2D eigenvalue weighted by molar-refractivity contribution is -0.153. The SMILES string of the molecule is COC(=O)C1Oc2cc(Br)cnc2NC1=O. The Labute approximate surface area is 99.1 Å². The monoisotopic (exact) mass is 286 g/mol. The summed E-state index contributed by atoms with van der Waals surface area (Å²) in [4.78, 5) is 26.6. The zero-order valence-corrected chi connectivity index (χ0v) is 9.78. The van der Waals surface area contributed by atoms with Gasteiger partial charge in [0, 0.05) is 10.7 Å². The molecule has 1 aromatic rings. The quantitative estimate of drug-likeness (QED) is 0.608. The zero-order chi connectivity index (χ0) is 11.7. The van der Waals surface area contributed by atoms with E-state index in [1.54, 1.807) is 6.07 Å². The second-order valence-electron chi connectivity index (χ2n) is 3.01. The first-order valence-corrected chi connectivity index (χ1v) is 5.12. The summed E-state index contributed by atoms with van der Waals surface area (Å²) in [6.07, 6.45) is 0.231. The van der Waals surface area contributed by atoms with Crippen molar-refractivity contribution in [1.29, 1.82) is 0 Å². The number of fused-ring (bicyclic) bond motifs is 1. The van der Waals surface area contributed by atoms with Crippen LogP contribution < -0.4 is 10.1 Å². The summed E-state index contributed by atoms with van der Waals surface area (Å²) < 4.78 is 10.3. The standard InChI is InChI=1S/C9H7BrN2O4/c1-15-9(14)6-8(13)12-7-5(16-6)2-4(10)3-11-7/h2-3,6H,1H3,(H,11,12,13). The van der Waals surface area contributed by atoms with E-state index in [4.69, 9.17) is 4.74 Å². The van der Waals surface area contributed by atoms with Gasteiger partial charge in [0.25, 0.3) is 12.0 Å². The Balaban J connectivity index is 2.33. The Morgan fingerprint density at radius 2 is 2.44 bits per heavy atom. The molecule has 1 aromatic heterocycles. The van der Waals surface area contributed by atoms with Gasteiger partial charge >= 0.3 is 5.97 Å². The third kappa shape index (κ3) is 1.85. The van der Waals surface area contributed by atoms with Crippen LogP contribution in [0.25, 0.3) is 0 Å². The lowest BCUT2D eigenvalue weighted by Gasteiger charge is -2.23. The predicted octanol–water partition coefficient (Wildman–Crippen LogP) is 0.717. The van der Waals surface area contributed by atoms with Gasteiger partial charge in [0.05, 0.1) is 7.11 Å². The number of nitrogens with one attached hydrogen (secondary N) is 1. The van der Waals surface area contributed by atoms with Gasteiger partial charge in [-0.25, -0.2) is 9.78 Å². The summed E-state index contributed by atoms with van der Waals surface area (Å²) in [5.41, 5.74) is 0. The largest absolute Gasteiger partial charge is 0.466 e. The Kier molecular flexibility index (Phi) is 2.78. The van der Waals surface area contributed by atoms with Gasteiger partial charge in [-0.05, 0) is 22.0 Å². The fourth-order valence-corrected chi connectivity index (χ4v) is 1.54. The van der Waals surface area contributed by atoms with Gasteiger partial charge in [-0.15, -0.1) is 0 Å². The molecule has 0 aliphatic carbocycles. The number of carbonyl (C=O) groups excluding carboxylic acids is 2. The van der Waals surface area contributed by atoms with E-state index in [1.165, 1.54) is 13.3 Å². The van der Waals surface area contributed by atoms with Crippen LogP contribution in [0.3, 0.4) is 0 Å². The second kappa shape index (κ2) is 4.09. The van der Waals surface area contributed by atoms with Gasteiger partial charge in [0.15, 0.2) is 11.6 Å². The first kappa shape index (κ1) is 10.9. The molecule has 1 N–H and O–H groups in total. The molecule has 0 radical (unpaired) electrons. The zero-order valence-electron chi connectivity index (χ0n) is 8.19. The van der Waals surface area contributed by atoms with Crippen LogP contribution in [0.1, 0.15) is 0 Å². The average Bonchev–Trinajstić information content (AvgIpc) is 2.28. The van der Waals surface area contributed by atoms with Crippen molar-refractivity contribution >= 4 is 33.6 Å². The highest BCUT2D eigenvalue weighted by Crippen LogP contribution is 2.30. The van der Waals surface area contributed by atoms with Gasteiger partial charge in [-0.2, -0.15) is 0 Å². The smallest absolute Gasteiger partial charge is 0.357 e. The number of pyridine rings is 1. The maximum Gasteiger partial charge on any atom is 0.357 e. The number of halogens is 1. The predicted molar refractivity (Wildman–Crippen MR) is 57.0 cm³/mol. The first-order chi connectivity index (χ1) is 7.61. The molecule has 1 aliphatic heterocycles. The molecule has 1 amide bonds. The highest BCUT2D eigenvalue weighted by Gasteiger charge is 2.35. The third-order valence-corrected chi connectivity index (χ3v) is 2.39. The number of anilines is 1. The van der Waals surface area contributed by atoms with E-state index in [2.05, 4.69) is 31.0 Å². The Morgan fingerprint density at radius 3 is 3.12 bits per heavy atom. The number of ether oxygens (including phenoxy) is 2. The summed E-state index contributed by atoms with van der Waals surface area (Å²) in [6, 6.07) is 1.61. The van der Waals surface area contributed by atoms with Crippen molar-refractivity contribution in [1.82, 2.24) is 4.98 Å². The molecule has 7 heteroatoms. The molecule has 0 aromatic carbocycles. The number of carbonyl (C=O) groups is 2. The molecule has 84 valence electrons. The van der Waals surface area contributed by atoms with E-state index in [0.29, 0.717) is 10.2 Å². The molecule has 2 rings (SSSR count). The van der Waals surface area contributed by atoms with E-state index in [1.807, 2.05) is 0 Å². The van der Waals surface area contributed by atoms with E-state index < -0.39 is 18.0 Å². The first-order valence-electron chi connectivity index (χ1n) is 4.32. The van der Waals surface area contributed by atoms with Crippen molar-refractivity contribution in [2.45, 2.75) is 6.10 Å². The lowest BCUT2D eigenvalue weighted by atomic mass is 10.2. The highest BCUT2D eigenvalue weighted by atomic mass is 79.9. The lowest BCUT2D eigenvalue weighted by Crippen LogP contribution is -2.43. The van der Waals surface area contributed by atoms with Gasteiger partial charge in [0.2, 0.25) is 0 Å². The number of methoxy groups -OCH3 is 1. The molecular weight excluding hydrogens is 280 g/mol. The van der Waals surface area contributed by atoms with Crippen LogP contribution in [-0.2, 0) is 14.3 Å². The van der Waals surface area contributed by atoms with Gasteiger partial charge in [-0.1, -0.05) is 0 Å². The van der Waals surface area contributed by atoms with E-state index in [9.17, 15) is 9.59 Å². The van der Waals surface area contributed by atoms with Crippen LogP contribution in [0.15, 0.2) is 16.7 Å². The topological polar surface area (TPSA) is 77.5 Å². The van der Waals surface area contributed by atoms with Crippen molar-refractivity contribution in [3.63, 3.8) is 0 Å². The van der Waals surface area contributed by atoms with Crippen LogP contribution in [0, 0.1) is 0 Å². The van der Waals surface area contributed by atoms with E-state index in [-0.39, 0.29) is 5.82 Å². The molecule has 16 heavy (non-hydrogen) atoms. The number of hydrogen-bond acceptors (Lipinski definition) is 5. The van der Waals surface area contributed by atoms with Crippen LogP contribution in [0.2, 0.25) is 0 Å². The second-order valence-corrected chi connectivity index (χ2v) is 3.93. The average molecular weight is 287 g/mol. The van der Waals surface area contributed by atoms with Crippen molar-refractivity contribution < 1.29 is 19.1 Å². The number of nitrogens with zero attached hydrogens (tertiary/aromatic N) is 1.